The summed E-state index contributed by atoms with van der Waals surface area (Å²) >= 11 is 2.42. The largest absolute Gasteiger partial charge is 0.478 e. The number of hydrogen-bond donors (Lipinski definition) is 1. The van der Waals surface area contributed by atoms with Crippen LogP contribution in [0.3, 0.4) is 0 Å². The first-order valence-corrected chi connectivity index (χ1v) is 11.0. The van der Waals surface area contributed by atoms with E-state index in [1.165, 1.54) is 52.3 Å². The molecular weight excluding hydrogens is 439 g/mol. The fourth-order valence-corrected chi connectivity index (χ4v) is 4.63. The zero-order valence-corrected chi connectivity index (χ0v) is 17.6. The molecule has 0 amide bonds. The Morgan fingerprint density at radius 3 is 2.39 bits per heavy atom. The number of fused-ring (bicyclic) bond motifs is 1. The molecule has 2 heterocycles. The number of carbonyl (C=O) groups is 2. The summed E-state index contributed by atoms with van der Waals surface area (Å²) in [5.41, 5.74) is 1.60. The summed E-state index contributed by atoms with van der Waals surface area (Å²) in [6.07, 6.45) is 0. The normalized spacial score (nSPS) is 11.0. The van der Waals surface area contributed by atoms with Crippen molar-refractivity contribution in [2.75, 3.05) is 5.75 Å². The number of benzene rings is 2. The van der Waals surface area contributed by atoms with E-state index in [0.717, 1.165) is 17.3 Å². The van der Waals surface area contributed by atoms with Crippen molar-refractivity contribution in [1.29, 1.82) is 0 Å². The van der Waals surface area contributed by atoms with Crippen LogP contribution in [0.5, 0.6) is 0 Å². The van der Waals surface area contributed by atoms with Crippen LogP contribution >= 0.6 is 23.1 Å². The van der Waals surface area contributed by atoms with Gasteiger partial charge >= 0.3 is 5.97 Å². The second-order valence-corrected chi connectivity index (χ2v) is 8.50. The predicted octanol–water partition coefficient (Wildman–Crippen LogP) is 4.32. The quantitative estimate of drug-likeness (QED) is 0.254. The number of carboxylic acid groups (broad SMARTS) is 1. The Morgan fingerprint density at radius 2 is 1.71 bits per heavy atom. The number of thiophene rings is 1. The van der Waals surface area contributed by atoms with E-state index in [-0.39, 0.29) is 29.2 Å². The molecule has 156 valence electrons. The lowest BCUT2D eigenvalue weighted by Crippen LogP contribution is -2.23. The van der Waals surface area contributed by atoms with Gasteiger partial charge < -0.3 is 5.11 Å². The molecule has 4 rings (SSSR count). The van der Waals surface area contributed by atoms with Gasteiger partial charge in [-0.25, -0.2) is 14.2 Å². The molecule has 4 aromatic rings. The number of hydrogen-bond acceptors (Lipinski definition) is 6. The topological polar surface area (TPSA) is 89.3 Å². The van der Waals surface area contributed by atoms with E-state index in [2.05, 4.69) is 4.98 Å². The minimum Gasteiger partial charge on any atom is -0.478 e. The fourth-order valence-electron chi connectivity index (χ4n) is 2.96. The van der Waals surface area contributed by atoms with Gasteiger partial charge in [-0.1, -0.05) is 23.9 Å². The molecule has 0 aliphatic heterocycles. The second-order valence-electron chi connectivity index (χ2n) is 6.64. The van der Waals surface area contributed by atoms with Crippen LogP contribution in [0.4, 0.5) is 4.39 Å². The van der Waals surface area contributed by atoms with Gasteiger partial charge in [-0.3, -0.25) is 14.2 Å². The van der Waals surface area contributed by atoms with E-state index in [1.807, 2.05) is 0 Å². The zero-order valence-electron chi connectivity index (χ0n) is 15.9. The highest BCUT2D eigenvalue weighted by Crippen LogP contribution is 2.23. The molecule has 9 heteroatoms. The number of halogens is 1. The molecular formula is C22H15FN2O4S2. The maximum Gasteiger partial charge on any atom is 0.335 e. The Labute approximate surface area is 184 Å². The van der Waals surface area contributed by atoms with Crippen LogP contribution in [0, 0.1) is 5.82 Å². The van der Waals surface area contributed by atoms with Crippen LogP contribution in [0.15, 0.2) is 69.9 Å². The number of ketones is 1. The predicted molar refractivity (Wildman–Crippen MR) is 118 cm³/mol. The number of thioether (sulfide) groups is 1. The van der Waals surface area contributed by atoms with Gasteiger partial charge in [-0.05, 0) is 53.4 Å². The van der Waals surface area contributed by atoms with Crippen LogP contribution in [-0.4, -0.2) is 32.2 Å². The lowest BCUT2D eigenvalue weighted by molar-refractivity contribution is 0.0696. The number of carbonyl (C=O) groups excluding carboxylic acids is 1. The minimum absolute atomic E-state index is 0.0334. The molecule has 0 aliphatic rings. The number of Topliss-reactive ketones (excluding diaryl/α,β-unsaturated/α-hetero) is 1. The Kier molecular flexibility index (Phi) is 5.97. The standard InChI is InChI=1S/C22H15FN2O4S2/c23-16-7-5-14(6-8-16)18(26)12-31-22-24-17-9-10-30-19(17)20(27)25(22)11-13-1-3-15(4-2-13)21(28)29/h1-10H,11-12H2,(H,28,29). The Hall–Kier alpha value is -3.30. The van der Waals surface area contributed by atoms with Crippen LogP contribution in [0.2, 0.25) is 0 Å². The van der Waals surface area contributed by atoms with E-state index in [1.54, 1.807) is 23.6 Å². The molecule has 0 saturated heterocycles. The molecule has 0 bridgehead atoms. The first-order chi connectivity index (χ1) is 14.9. The van der Waals surface area contributed by atoms with Gasteiger partial charge in [0.05, 0.1) is 23.4 Å². The summed E-state index contributed by atoms with van der Waals surface area (Å²) in [7, 11) is 0. The zero-order chi connectivity index (χ0) is 22.0. The average Bonchev–Trinajstić information content (AvgIpc) is 3.24. The highest BCUT2D eigenvalue weighted by atomic mass is 32.2. The Balaban J connectivity index is 1.64. The van der Waals surface area contributed by atoms with E-state index < -0.39 is 11.8 Å². The maximum atomic E-state index is 13.1. The SMILES string of the molecule is O=C(O)c1ccc(Cn2c(SCC(=O)c3ccc(F)cc3)nc3ccsc3c2=O)cc1. The van der Waals surface area contributed by atoms with Gasteiger partial charge in [0, 0.05) is 5.56 Å². The molecule has 0 unspecified atom stereocenters. The van der Waals surface area contributed by atoms with Gasteiger partial charge in [0.1, 0.15) is 10.5 Å². The second kappa shape index (κ2) is 8.83. The molecule has 0 atom stereocenters. The number of nitrogens with zero attached hydrogens (tertiary/aromatic N) is 2. The third-order valence-corrected chi connectivity index (χ3v) is 6.44. The van der Waals surface area contributed by atoms with Crippen LogP contribution in [0.1, 0.15) is 26.3 Å². The maximum absolute atomic E-state index is 13.1. The van der Waals surface area contributed by atoms with Crippen molar-refractivity contribution in [1.82, 2.24) is 9.55 Å². The van der Waals surface area contributed by atoms with Crippen molar-refractivity contribution in [3.8, 4) is 0 Å². The van der Waals surface area contributed by atoms with Crippen molar-refractivity contribution >= 4 is 45.1 Å². The summed E-state index contributed by atoms with van der Waals surface area (Å²) < 4.78 is 15.1. The van der Waals surface area contributed by atoms with E-state index >= 15 is 0 Å². The van der Waals surface area contributed by atoms with Gasteiger partial charge in [-0.2, -0.15) is 0 Å². The van der Waals surface area contributed by atoms with Crippen LogP contribution in [0.25, 0.3) is 10.2 Å². The van der Waals surface area contributed by atoms with Crippen molar-refractivity contribution in [3.63, 3.8) is 0 Å². The molecule has 0 fully saturated rings. The van der Waals surface area contributed by atoms with Gasteiger partial charge in [0.25, 0.3) is 5.56 Å². The van der Waals surface area contributed by atoms with Crippen LogP contribution in [-0.2, 0) is 6.54 Å². The smallest absolute Gasteiger partial charge is 0.335 e. The minimum atomic E-state index is -1.03. The van der Waals surface area contributed by atoms with Crippen molar-refractivity contribution < 1.29 is 19.1 Å². The Morgan fingerprint density at radius 1 is 1.03 bits per heavy atom. The first kappa shape index (κ1) is 21.0. The summed E-state index contributed by atoms with van der Waals surface area (Å²) in [6, 6.07) is 13.3. The monoisotopic (exact) mass is 454 g/mol. The molecule has 0 aliphatic carbocycles. The summed E-state index contributed by atoms with van der Waals surface area (Å²) in [6.45, 7) is 0.187. The molecule has 1 N–H and O–H groups in total. The number of aromatic carboxylic acids is 1. The molecule has 0 radical (unpaired) electrons. The highest BCUT2D eigenvalue weighted by molar-refractivity contribution is 7.99. The third-order valence-electron chi connectivity index (χ3n) is 4.57. The van der Waals surface area contributed by atoms with E-state index in [0.29, 0.717) is 20.9 Å². The van der Waals surface area contributed by atoms with Crippen LogP contribution < -0.4 is 5.56 Å². The van der Waals surface area contributed by atoms with Crippen molar-refractivity contribution in [3.05, 3.63) is 92.8 Å². The lowest BCUT2D eigenvalue weighted by Gasteiger charge is -2.12. The molecule has 0 saturated carbocycles. The molecule has 2 aromatic carbocycles. The van der Waals surface area contributed by atoms with Gasteiger partial charge in [-0.15, -0.1) is 11.3 Å². The van der Waals surface area contributed by atoms with Gasteiger partial charge in [0.2, 0.25) is 0 Å². The molecule has 6 nitrogen and oxygen atoms in total. The molecule has 0 spiro atoms. The van der Waals surface area contributed by atoms with E-state index in [4.69, 9.17) is 5.11 Å². The van der Waals surface area contributed by atoms with Gasteiger partial charge in [0.15, 0.2) is 10.9 Å². The number of aromatic nitrogens is 2. The lowest BCUT2D eigenvalue weighted by atomic mass is 10.1. The number of carboxylic acids is 1. The fraction of sp³-hybridized carbons (Fsp3) is 0.0909. The van der Waals surface area contributed by atoms with E-state index in [9.17, 15) is 18.8 Å². The highest BCUT2D eigenvalue weighted by Gasteiger charge is 2.16. The number of rotatable bonds is 7. The molecule has 2 aromatic heterocycles. The summed E-state index contributed by atoms with van der Waals surface area (Å²) in [5.74, 6) is -1.62. The average molecular weight is 455 g/mol. The molecule has 31 heavy (non-hydrogen) atoms. The summed E-state index contributed by atoms with van der Waals surface area (Å²) in [4.78, 5) is 41.1. The Bertz CT molecular complexity index is 1330. The third kappa shape index (κ3) is 4.57. The summed E-state index contributed by atoms with van der Waals surface area (Å²) in [5, 5.41) is 11.2. The van der Waals surface area contributed by atoms with Crippen molar-refractivity contribution in [2.24, 2.45) is 0 Å². The first-order valence-electron chi connectivity index (χ1n) is 9.14. The van der Waals surface area contributed by atoms with Crippen molar-refractivity contribution in [2.45, 2.75) is 11.7 Å².